The van der Waals surface area contributed by atoms with Crippen molar-refractivity contribution in [2.24, 2.45) is 0 Å². The van der Waals surface area contributed by atoms with Gasteiger partial charge < -0.3 is 9.97 Å². The van der Waals surface area contributed by atoms with Crippen LogP contribution in [0, 0.1) is 17.1 Å². The first-order chi connectivity index (χ1) is 17.0. The summed E-state index contributed by atoms with van der Waals surface area (Å²) < 4.78 is 17.8. The molecule has 0 unspecified atom stereocenters. The van der Waals surface area contributed by atoms with Crippen LogP contribution in [-0.2, 0) is 6.54 Å². The summed E-state index contributed by atoms with van der Waals surface area (Å²) >= 11 is 6.56. The maximum absolute atomic E-state index is 14.5. The van der Waals surface area contributed by atoms with E-state index in [9.17, 15) is 9.18 Å². The molecule has 9 nitrogen and oxygen atoms in total. The first-order valence-electron chi connectivity index (χ1n) is 10.5. The quantitative estimate of drug-likeness (QED) is 0.389. The number of benzene rings is 3. The molecule has 0 saturated carbocycles. The summed E-state index contributed by atoms with van der Waals surface area (Å²) in [5.41, 5.74) is 5.01. The molecule has 35 heavy (non-hydrogen) atoms. The fourth-order valence-electron chi connectivity index (χ4n) is 4.08. The van der Waals surface area contributed by atoms with Crippen LogP contribution in [0.15, 0.2) is 65.6 Å². The van der Waals surface area contributed by atoms with Crippen LogP contribution in [0.25, 0.3) is 39.0 Å². The molecular formula is C24H14ClFN8O. The zero-order valence-corrected chi connectivity index (χ0v) is 18.6. The lowest BCUT2D eigenvalue weighted by molar-refractivity contribution is 0.586. The molecule has 11 heteroatoms. The van der Waals surface area contributed by atoms with Gasteiger partial charge in [-0.1, -0.05) is 22.9 Å². The molecule has 2 N–H and O–H groups in total. The van der Waals surface area contributed by atoms with Gasteiger partial charge in [0.25, 0.3) is 0 Å². The number of H-pyrrole nitrogens is 2. The van der Waals surface area contributed by atoms with Gasteiger partial charge in [-0.2, -0.15) is 10.4 Å². The maximum atomic E-state index is 14.5. The van der Waals surface area contributed by atoms with Crippen molar-refractivity contribution in [3.63, 3.8) is 0 Å². The number of nitrogens with zero attached hydrogens (tertiary/aromatic N) is 6. The van der Waals surface area contributed by atoms with Crippen molar-refractivity contribution in [1.29, 1.82) is 5.26 Å². The molecule has 0 bridgehead atoms. The van der Waals surface area contributed by atoms with Gasteiger partial charge in [0.05, 0.1) is 51.1 Å². The lowest BCUT2D eigenvalue weighted by atomic mass is 10.1. The molecule has 6 aromatic rings. The van der Waals surface area contributed by atoms with E-state index in [0.29, 0.717) is 38.3 Å². The molecule has 6 rings (SSSR count). The lowest BCUT2D eigenvalue weighted by Gasteiger charge is -2.10. The summed E-state index contributed by atoms with van der Waals surface area (Å²) in [7, 11) is 0. The van der Waals surface area contributed by atoms with E-state index in [0.717, 1.165) is 11.3 Å². The molecule has 3 aromatic carbocycles. The zero-order valence-electron chi connectivity index (χ0n) is 17.8. The van der Waals surface area contributed by atoms with Gasteiger partial charge in [0.1, 0.15) is 11.3 Å². The summed E-state index contributed by atoms with van der Waals surface area (Å²) in [6.45, 7) is 0.171. The molecule has 0 radical (unpaired) electrons. The largest absolute Gasteiger partial charge is 0.323 e. The second-order valence-electron chi connectivity index (χ2n) is 7.93. The van der Waals surface area contributed by atoms with E-state index in [4.69, 9.17) is 16.9 Å². The van der Waals surface area contributed by atoms with Gasteiger partial charge in [-0.05, 0) is 48.5 Å². The van der Waals surface area contributed by atoms with E-state index in [1.54, 1.807) is 45.9 Å². The van der Waals surface area contributed by atoms with Crippen molar-refractivity contribution < 1.29 is 4.39 Å². The second kappa shape index (κ2) is 7.93. The van der Waals surface area contributed by atoms with Crippen LogP contribution in [0.4, 0.5) is 4.39 Å². The van der Waals surface area contributed by atoms with E-state index in [1.165, 1.54) is 6.07 Å². The SMILES string of the molecule is N#Cc1ccc(Cn2nccc2-c2cc(Cl)c3nnn(-c4ccc5[nH]c(=O)[nH]c5c4)c3c2)c(F)c1. The molecule has 3 aromatic heterocycles. The molecular weight excluding hydrogens is 471 g/mol. The number of nitriles is 1. The summed E-state index contributed by atoms with van der Waals surface area (Å²) in [6, 6.07) is 17.1. The molecule has 170 valence electrons. The standard InChI is InChI=1S/C24H14ClFN8O/c25-17-8-15(21-5-6-28-33(21)12-14-2-1-13(11-27)7-18(14)26)9-22-23(17)31-32-34(22)16-3-4-19-20(10-16)30-24(35)29-19/h1-10H,12H2,(H2,29,30,35). The van der Waals surface area contributed by atoms with Gasteiger partial charge in [0.15, 0.2) is 0 Å². The maximum Gasteiger partial charge on any atom is 0.323 e. The van der Waals surface area contributed by atoms with Crippen LogP contribution in [-0.4, -0.2) is 34.7 Å². The van der Waals surface area contributed by atoms with Gasteiger partial charge in [-0.15, -0.1) is 5.10 Å². The van der Waals surface area contributed by atoms with Crippen LogP contribution in [0.5, 0.6) is 0 Å². The number of hydrogen-bond acceptors (Lipinski definition) is 5. The predicted molar refractivity (Wildman–Crippen MR) is 128 cm³/mol. The smallest absolute Gasteiger partial charge is 0.306 e. The number of aromatic amines is 2. The normalized spacial score (nSPS) is 11.3. The predicted octanol–water partition coefficient (Wildman–Crippen LogP) is 4.17. The highest BCUT2D eigenvalue weighted by atomic mass is 35.5. The molecule has 0 aliphatic heterocycles. The zero-order chi connectivity index (χ0) is 24.1. The third-order valence-corrected chi connectivity index (χ3v) is 6.05. The molecule has 0 amide bonds. The number of halogens is 2. The van der Waals surface area contributed by atoms with Gasteiger partial charge in [0, 0.05) is 17.3 Å². The monoisotopic (exact) mass is 484 g/mol. The molecule has 0 saturated heterocycles. The minimum atomic E-state index is -0.473. The Kier molecular flexibility index (Phi) is 4.72. The van der Waals surface area contributed by atoms with Crippen molar-refractivity contribution in [2.45, 2.75) is 6.54 Å². The van der Waals surface area contributed by atoms with E-state index in [1.807, 2.05) is 24.3 Å². The van der Waals surface area contributed by atoms with Crippen LogP contribution in [0.2, 0.25) is 5.02 Å². The third kappa shape index (κ3) is 3.55. The van der Waals surface area contributed by atoms with Crippen LogP contribution >= 0.6 is 11.6 Å². The molecule has 0 aliphatic rings. The fourth-order valence-corrected chi connectivity index (χ4v) is 4.34. The minimum Gasteiger partial charge on any atom is -0.306 e. The summed E-state index contributed by atoms with van der Waals surface area (Å²) in [5.74, 6) is -0.473. The second-order valence-corrected chi connectivity index (χ2v) is 8.34. The van der Waals surface area contributed by atoms with E-state index in [-0.39, 0.29) is 17.8 Å². The molecule has 0 spiro atoms. The van der Waals surface area contributed by atoms with Gasteiger partial charge in [0.2, 0.25) is 0 Å². The Morgan fingerprint density at radius 1 is 1.06 bits per heavy atom. The third-order valence-electron chi connectivity index (χ3n) is 5.76. The van der Waals surface area contributed by atoms with Gasteiger partial charge in [-0.3, -0.25) is 4.68 Å². The van der Waals surface area contributed by atoms with E-state index >= 15 is 0 Å². The van der Waals surface area contributed by atoms with Crippen molar-refractivity contribution in [1.82, 2.24) is 34.7 Å². The number of fused-ring (bicyclic) bond motifs is 2. The Balaban J connectivity index is 1.44. The van der Waals surface area contributed by atoms with Crippen molar-refractivity contribution in [2.75, 3.05) is 0 Å². The van der Waals surface area contributed by atoms with Gasteiger partial charge in [-0.25, -0.2) is 13.9 Å². The topological polar surface area (TPSA) is 121 Å². The minimum absolute atomic E-state index is 0.171. The molecule has 0 aliphatic carbocycles. The summed E-state index contributed by atoms with van der Waals surface area (Å²) in [4.78, 5) is 17.1. The number of hydrogen-bond donors (Lipinski definition) is 2. The molecule has 0 fully saturated rings. The van der Waals surface area contributed by atoms with Crippen LogP contribution < -0.4 is 5.69 Å². The van der Waals surface area contributed by atoms with Crippen LogP contribution in [0.3, 0.4) is 0 Å². The van der Waals surface area contributed by atoms with Crippen molar-refractivity contribution in [3.05, 3.63) is 93.2 Å². The van der Waals surface area contributed by atoms with E-state index < -0.39 is 5.82 Å². The van der Waals surface area contributed by atoms with Gasteiger partial charge >= 0.3 is 5.69 Å². The average Bonchev–Trinajstić information content (AvgIpc) is 3.57. The summed E-state index contributed by atoms with van der Waals surface area (Å²) in [5, 5.41) is 22.2. The van der Waals surface area contributed by atoms with Crippen molar-refractivity contribution >= 4 is 33.7 Å². The first-order valence-corrected chi connectivity index (χ1v) is 10.9. The number of imidazole rings is 1. The Bertz CT molecular complexity index is 1860. The average molecular weight is 485 g/mol. The lowest BCUT2D eigenvalue weighted by Crippen LogP contribution is -2.06. The Hall–Kier alpha value is -4.75. The Morgan fingerprint density at radius 3 is 2.74 bits per heavy atom. The highest BCUT2D eigenvalue weighted by molar-refractivity contribution is 6.35. The highest BCUT2D eigenvalue weighted by Crippen LogP contribution is 2.31. The first kappa shape index (κ1) is 20.8. The van der Waals surface area contributed by atoms with E-state index in [2.05, 4.69) is 25.4 Å². The number of aromatic nitrogens is 7. The Morgan fingerprint density at radius 2 is 1.91 bits per heavy atom. The van der Waals surface area contributed by atoms with Crippen LogP contribution in [0.1, 0.15) is 11.1 Å². The fraction of sp³-hybridized carbons (Fsp3) is 0.0417. The Labute approximate surface area is 201 Å². The number of rotatable bonds is 4. The molecule has 3 heterocycles. The summed E-state index contributed by atoms with van der Waals surface area (Å²) in [6.07, 6.45) is 1.63. The number of nitrogens with one attached hydrogen (secondary N) is 2. The van der Waals surface area contributed by atoms with Crippen molar-refractivity contribution in [3.8, 4) is 23.0 Å². The molecule has 0 atom stereocenters. The highest BCUT2D eigenvalue weighted by Gasteiger charge is 2.16.